The first-order valence-electron chi connectivity index (χ1n) is 28.5. The number of allylic oxidation sites excluding steroid dienone is 2. The van der Waals surface area contributed by atoms with E-state index in [-0.39, 0.29) is 100 Å². The lowest BCUT2D eigenvalue weighted by atomic mass is 9.81. The third-order valence-electron chi connectivity index (χ3n) is 16.1. The van der Waals surface area contributed by atoms with Gasteiger partial charge in [0.15, 0.2) is 17.4 Å². The predicted octanol–water partition coefficient (Wildman–Crippen LogP) is 5.85. The first kappa shape index (κ1) is 58.5. The van der Waals surface area contributed by atoms with E-state index in [0.717, 1.165) is 17.7 Å². The Morgan fingerprint density at radius 3 is 1.64 bits per heavy atom. The van der Waals surface area contributed by atoms with Gasteiger partial charge in [-0.05, 0) is 72.9 Å². The maximum Gasteiger partial charge on any atom is 0.291 e. The Hall–Kier alpha value is -11.8. The van der Waals surface area contributed by atoms with Gasteiger partial charge in [-0.1, -0.05) is 24.3 Å². The van der Waals surface area contributed by atoms with Gasteiger partial charge in [0.25, 0.3) is 41.4 Å². The van der Waals surface area contributed by atoms with Gasteiger partial charge in [-0.2, -0.15) is 0 Å². The summed E-state index contributed by atoms with van der Waals surface area (Å²) < 4.78 is 9.00. The summed E-state index contributed by atoms with van der Waals surface area (Å²) in [5.74, 6) is -3.82. The molecule has 3 aliphatic rings. The number of carbonyl (C=O) groups is 10. The first-order valence-corrected chi connectivity index (χ1v) is 28.5. The van der Waals surface area contributed by atoms with Gasteiger partial charge in [-0.25, -0.2) is 9.97 Å². The van der Waals surface area contributed by atoms with E-state index in [0.29, 0.717) is 51.5 Å². The van der Waals surface area contributed by atoms with Crippen LogP contribution in [0.1, 0.15) is 116 Å². The first-order chi connectivity index (χ1) is 43.0. The van der Waals surface area contributed by atoms with E-state index in [9.17, 15) is 47.9 Å². The van der Waals surface area contributed by atoms with E-state index in [4.69, 9.17) is 0 Å². The van der Waals surface area contributed by atoms with E-state index in [1.807, 2.05) is 24.3 Å². The fourth-order valence-electron chi connectivity index (χ4n) is 11.9. The second kappa shape index (κ2) is 22.8. The van der Waals surface area contributed by atoms with E-state index in [1.165, 1.54) is 72.6 Å². The number of piperidine rings is 1. The van der Waals surface area contributed by atoms with Crippen LogP contribution in [0.4, 0.5) is 40.1 Å². The fraction of sp³-hybridized carbons (Fsp3) is 0.226. The van der Waals surface area contributed by atoms with Gasteiger partial charge in [0.2, 0.25) is 23.5 Å². The summed E-state index contributed by atoms with van der Waals surface area (Å²) in [5.41, 5.74) is 5.87. The molecule has 2 aromatic carbocycles. The Kier molecular flexibility index (Phi) is 14.8. The average Bonchev–Trinajstić information content (AvgIpc) is 1.51. The van der Waals surface area contributed by atoms with Crippen molar-refractivity contribution in [1.29, 1.82) is 0 Å². The number of carbonyl (C=O) groups excluding carboxylic acids is 10. The van der Waals surface area contributed by atoms with Crippen LogP contribution in [-0.2, 0) is 57.3 Å². The molecule has 9 aromatic rings. The monoisotopic (exact) mass is 1220 g/mol. The quantitative estimate of drug-likeness (QED) is 0.0457. The molecule has 7 aromatic heterocycles. The number of nitrogens with zero attached hydrogens (tertiary/aromatic N) is 9. The second-order valence-electron chi connectivity index (χ2n) is 22.6. The maximum absolute atomic E-state index is 14.0. The van der Waals surface area contributed by atoms with Crippen LogP contribution in [0, 0.1) is 5.92 Å². The molecule has 2 unspecified atom stereocenters. The Balaban J connectivity index is 0.580. The highest BCUT2D eigenvalue weighted by atomic mass is 16.2. The van der Waals surface area contributed by atoms with Crippen LogP contribution in [-0.4, -0.2) is 119 Å². The summed E-state index contributed by atoms with van der Waals surface area (Å²) in [7, 11) is 9.71. The van der Waals surface area contributed by atoms with Crippen molar-refractivity contribution in [2.24, 2.45) is 48.2 Å². The van der Waals surface area contributed by atoms with Crippen molar-refractivity contribution in [3.63, 3.8) is 0 Å². The summed E-state index contributed by atoms with van der Waals surface area (Å²) in [6.45, 7) is 2.00. The van der Waals surface area contributed by atoms with Gasteiger partial charge in [0, 0.05) is 145 Å². The number of amides is 9. The summed E-state index contributed by atoms with van der Waals surface area (Å²) in [6.07, 6.45) is 11.9. The molecule has 90 heavy (non-hydrogen) atoms. The minimum absolute atomic E-state index is 0.00173. The number of likely N-dealkylation sites (tertiary alicyclic amines) is 1. The summed E-state index contributed by atoms with van der Waals surface area (Å²) in [4.78, 5) is 145. The molecule has 1 spiro atoms. The van der Waals surface area contributed by atoms with E-state index >= 15 is 0 Å². The van der Waals surface area contributed by atoms with Gasteiger partial charge in [-0.3, -0.25) is 47.9 Å². The van der Waals surface area contributed by atoms with Gasteiger partial charge in [0.05, 0.1) is 22.7 Å². The highest BCUT2D eigenvalue weighted by Crippen LogP contribution is 2.66. The number of hydrogen-bond donors (Lipinski definition) is 9. The Bertz CT molecular complexity index is 4590. The minimum Gasteiger partial charge on any atom is -0.351 e. The molecule has 1 aliphatic heterocycles. The Labute approximate surface area is 511 Å². The maximum atomic E-state index is 14.0. The SMILES string of the molecule is CC(=O)Nc1cc(C(=O)Nc2cn(C)c(C(=O)Nc3cc(C(=O)Nc4cc(C(=O)NCCCC(=O)Nc5cn(C)c(C(=O)Nc6cc(C(=O)Nc7ccc8[nH]c(C(=O)N9CC%10CC%10%11C9=CC(=O)c9ccccc9%11)cc8c7)n(C)c6)n5)n(C)c4)n(C)c3)n2)n(C)c1. The molecular weight excluding hydrogens is 1160 g/mol. The largest absolute Gasteiger partial charge is 0.351 e. The van der Waals surface area contributed by atoms with Crippen LogP contribution >= 0.6 is 0 Å². The molecule has 8 heterocycles. The number of anilines is 7. The number of imidazole rings is 2. The highest BCUT2D eigenvalue weighted by Gasteiger charge is 2.67. The van der Waals surface area contributed by atoms with Crippen LogP contribution in [0.5, 0.6) is 0 Å². The molecule has 1 saturated heterocycles. The fourth-order valence-corrected chi connectivity index (χ4v) is 11.9. The average molecular weight is 1220 g/mol. The smallest absolute Gasteiger partial charge is 0.291 e. The van der Waals surface area contributed by atoms with Gasteiger partial charge in [0.1, 0.15) is 28.5 Å². The number of aromatic nitrogens is 9. The number of fused-ring (bicyclic) bond motifs is 2. The highest BCUT2D eigenvalue weighted by molar-refractivity contribution is 6.12. The van der Waals surface area contributed by atoms with Crippen molar-refractivity contribution in [2.45, 2.75) is 31.6 Å². The zero-order valence-electron chi connectivity index (χ0n) is 49.7. The van der Waals surface area contributed by atoms with Crippen molar-refractivity contribution in [3.05, 3.63) is 173 Å². The van der Waals surface area contributed by atoms with E-state index in [2.05, 4.69) is 57.5 Å². The lowest BCUT2D eigenvalue weighted by Gasteiger charge is -2.29. The molecule has 458 valence electrons. The number of aryl methyl sites for hydroxylation is 6. The Morgan fingerprint density at radius 2 is 1.07 bits per heavy atom. The van der Waals surface area contributed by atoms with Gasteiger partial charge < -0.3 is 79.8 Å². The van der Waals surface area contributed by atoms with Gasteiger partial charge >= 0.3 is 0 Å². The molecule has 12 rings (SSSR count). The number of ketones is 1. The lowest BCUT2D eigenvalue weighted by Crippen LogP contribution is -2.33. The van der Waals surface area contributed by atoms with E-state index < -0.39 is 41.4 Å². The predicted molar refractivity (Wildman–Crippen MR) is 330 cm³/mol. The van der Waals surface area contributed by atoms with Crippen molar-refractivity contribution in [1.82, 2.24) is 52.6 Å². The minimum atomic E-state index is -0.617. The molecular formula is C62H60N18O10. The zero-order chi connectivity index (χ0) is 63.6. The lowest BCUT2D eigenvalue weighted by molar-refractivity contribution is -0.116. The molecule has 0 radical (unpaired) electrons. The van der Waals surface area contributed by atoms with Crippen molar-refractivity contribution >= 4 is 110 Å². The van der Waals surface area contributed by atoms with Crippen LogP contribution < -0.4 is 42.5 Å². The molecule has 2 aliphatic carbocycles. The number of benzene rings is 2. The standard InChI is InChI=1S/C62H60N18O10/c1-32(81)64-36-19-47(75(3)26-36)58(87)73-51-31-79(7)54(72-51)60(89)68-39-22-46(77(5)29-39)57(86)66-37-20-44(74(2)27-37)55(84)63-16-10-13-52(83)70-50-30-78(6)53(71-50)59(88)67-38-21-45(76(4)28-38)56(85)65-35-14-15-42-33(17-35)18-43(69-42)61(90)80-25-34-24-62(34)41-12-9-8-11-40(41)48(82)23-49(62)80/h8-9,11-12,14-15,17-23,26-31,34,69H,10,13,16,24-25H2,1-7H3,(H,63,84)(H,64,81)(H,65,85)(H,66,86)(H,67,88)(H,68,89)(H,70,83)(H,73,87). The van der Waals surface area contributed by atoms with Crippen molar-refractivity contribution < 1.29 is 47.9 Å². The van der Waals surface area contributed by atoms with Crippen LogP contribution in [0.25, 0.3) is 10.9 Å². The third kappa shape index (κ3) is 11.2. The molecule has 28 nitrogen and oxygen atoms in total. The summed E-state index contributed by atoms with van der Waals surface area (Å²) in [6, 6.07) is 20.6. The summed E-state index contributed by atoms with van der Waals surface area (Å²) >= 11 is 0. The molecule has 0 bridgehead atoms. The van der Waals surface area contributed by atoms with Crippen molar-refractivity contribution in [3.8, 4) is 0 Å². The molecule has 2 atom stereocenters. The number of H-pyrrole nitrogens is 1. The summed E-state index contributed by atoms with van der Waals surface area (Å²) in [5, 5.41) is 22.6. The number of rotatable bonds is 18. The Morgan fingerprint density at radius 1 is 0.556 bits per heavy atom. The zero-order valence-corrected chi connectivity index (χ0v) is 49.7. The van der Waals surface area contributed by atoms with E-state index in [1.54, 1.807) is 101 Å². The number of hydrogen-bond acceptors (Lipinski definition) is 12. The molecule has 2 fully saturated rings. The molecule has 28 heteroatoms. The molecule has 9 amide bonds. The third-order valence-corrected chi connectivity index (χ3v) is 16.1. The second-order valence-corrected chi connectivity index (χ2v) is 22.6. The number of nitrogens with one attached hydrogen (secondary N) is 9. The van der Waals surface area contributed by atoms with Crippen LogP contribution in [0.2, 0.25) is 0 Å². The molecule has 1 saturated carbocycles. The van der Waals surface area contributed by atoms with Crippen molar-refractivity contribution in [2.75, 3.05) is 50.3 Å². The molecule has 9 N–H and O–H groups in total. The normalized spacial score (nSPS) is 15.3. The van der Waals surface area contributed by atoms with Crippen LogP contribution in [0.3, 0.4) is 0 Å². The topological polar surface area (TPSA) is 341 Å². The van der Waals surface area contributed by atoms with Gasteiger partial charge in [-0.15, -0.1) is 0 Å². The number of aromatic amines is 1. The van der Waals surface area contributed by atoms with Crippen LogP contribution in [0.15, 0.2) is 122 Å².